The van der Waals surface area contributed by atoms with Crippen molar-refractivity contribution in [2.45, 2.75) is 52.0 Å². The molecule has 2 unspecified atom stereocenters. The van der Waals surface area contributed by atoms with Crippen LogP contribution in [0.4, 0.5) is 0 Å². The Balaban J connectivity index is 0.00000204. The molecule has 3 atom stereocenters. The van der Waals surface area contributed by atoms with Gasteiger partial charge in [0.05, 0.1) is 31.3 Å². The first-order valence-corrected chi connectivity index (χ1v) is 16.5. The van der Waals surface area contributed by atoms with Crippen molar-refractivity contribution in [2.24, 2.45) is 16.0 Å². The van der Waals surface area contributed by atoms with Gasteiger partial charge in [-0.25, -0.2) is 0 Å². The molecule has 6 rings (SSSR count). The zero-order valence-corrected chi connectivity index (χ0v) is 27.6. The van der Waals surface area contributed by atoms with Gasteiger partial charge in [-0.05, 0) is 56.5 Å². The SMILES string of the molecule is C=C\C=C/C(/C=C(/CN1CCC[C@@H](c2nnc(C3=CC4C(C5=CN6CC=CCCN=C6C=C5)=NNC4C=C3)o2)C1)OC)=C\C.CC. The highest BCUT2D eigenvalue weighted by atomic mass is 16.5. The number of nitrogens with zero attached hydrogens (tertiary/aromatic N) is 6. The summed E-state index contributed by atoms with van der Waals surface area (Å²) < 4.78 is 12.1. The van der Waals surface area contributed by atoms with Crippen LogP contribution in [0.1, 0.15) is 57.7 Å². The van der Waals surface area contributed by atoms with E-state index in [0.29, 0.717) is 11.8 Å². The number of aromatic nitrogens is 2. The number of methoxy groups -OCH3 is 1. The third-order valence-corrected chi connectivity index (χ3v) is 8.48. The first kappa shape index (κ1) is 32.9. The second-order valence-corrected chi connectivity index (χ2v) is 11.4. The second kappa shape index (κ2) is 16.2. The average Bonchev–Trinajstić information content (AvgIpc) is 3.75. The monoisotopic (exact) mass is 621 g/mol. The van der Waals surface area contributed by atoms with Crippen LogP contribution in [-0.4, -0.2) is 77.4 Å². The molecule has 1 aromatic heterocycles. The zero-order chi connectivity index (χ0) is 32.3. The van der Waals surface area contributed by atoms with Crippen LogP contribution in [0.3, 0.4) is 0 Å². The molecule has 0 aromatic carbocycles. The van der Waals surface area contributed by atoms with Crippen molar-refractivity contribution in [1.29, 1.82) is 0 Å². The molecule has 5 heterocycles. The van der Waals surface area contributed by atoms with Gasteiger partial charge in [-0.2, -0.15) is 5.10 Å². The van der Waals surface area contributed by atoms with Crippen molar-refractivity contribution in [3.05, 3.63) is 114 Å². The van der Waals surface area contributed by atoms with E-state index in [1.165, 1.54) is 0 Å². The zero-order valence-electron chi connectivity index (χ0n) is 27.6. The summed E-state index contributed by atoms with van der Waals surface area (Å²) in [5, 5.41) is 13.7. The predicted octanol–water partition coefficient (Wildman–Crippen LogP) is 6.51. The molecule has 5 aliphatic rings. The van der Waals surface area contributed by atoms with Gasteiger partial charge in [-0.3, -0.25) is 9.89 Å². The number of allylic oxidation sites excluding steroid dienone is 10. The Bertz CT molecular complexity index is 1550. The van der Waals surface area contributed by atoms with Crippen LogP contribution < -0.4 is 5.43 Å². The van der Waals surface area contributed by atoms with Gasteiger partial charge in [0.1, 0.15) is 11.6 Å². The number of hydrogen-bond acceptors (Lipinski definition) is 9. The van der Waals surface area contributed by atoms with Crippen molar-refractivity contribution in [1.82, 2.24) is 25.4 Å². The highest BCUT2D eigenvalue weighted by molar-refractivity contribution is 6.10. The third kappa shape index (κ3) is 7.83. The Morgan fingerprint density at radius 2 is 2.07 bits per heavy atom. The topological polar surface area (TPSA) is 91.4 Å². The molecule has 9 nitrogen and oxygen atoms in total. The van der Waals surface area contributed by atoms with E-state index < -0.39 is 0 Å². The highest BCUT2D eigenvalue weighted by Crippen LogP contribution is 2.33. The minimum absolute atomic E-state index is 0.0675. The van der Waals surface area contributed by atoms with E-state index >= 15 is 0 Å². The molecule has 0 bridgehead atoms. The molecule has 1 saturated heterocycles. The summed E-state index contributed by atoms with van der Waals surface area (Å²) in [6.07, 6.45) is 30.1. The minimum atomic E-state index is 0.0675. The summed E-state index contributed by atoms with van der Waals surface area (Å²) in [5.74, 6) is 3.41. The molecule has 0 amide bonds. The maximum Gasteiger partial charge on any atom is 0.247 e. The summed E-state index contributed by atoms with van der Waals surface area (Å²) in [4.78, 5) is 9.31. The molecule has 1 fully saturated rings. The molecule has 0 radical (unpaired) electrons. The number of piperidine rings is 1. The molecule has 0 spiro atoms. The van der Waals surface area contributed by atoms with Crippen LogP contribution in [0.15, 0.2) is 117 Å². The van der Waals surface area contributed by atoms with Crippen LogP contribution in [0.25, 0.3) is 5.57 Å². The van der Waals surface area contributed by atoms with Crippen LogP contribution in [-0.2, 0) is 4.74 Å². The lowest BCUT2D eigenvalue weighted by Crippen LogP contribution is -2.36. The molecular weight excluding hydrogens is 574 g/mol. The number of amidine groups is 1. The van der Waals surface area contributed by atoms with E-state index in [2.05, 4.69) is 92.9 Å². The lowest BCUT2D eigenvalue weighted by molar-refractivity contribution is 0.169. The molecule has 1 aromatic rings. The normalized spacial score (nSPS) is 24.8. The average molecular weight is 622 g/mol. The molecule has 0 saturated carbocycles. The largest absolute Gasteiger partial charge is 0.500 e. The third-order valence-electron chi connectivity index (χ3n) is 8.48. The number of likely N-dealkylation sites (tertiary alicyclic amines) is 1. The summed E-state index contributed by atoms with van der Waals surface area (Å²) in [5.41, 5.74) is 7.41. The maximum atomic E-state index is 6.33. The molecule has 242 valence electrons. The lowest BCUT2D eigenvalue weighted by Gasteiger charge is -2.31. The van der Waals surface area contributed by atoms with Gasteiger partial charge < -0.3 is 19.5 Å². The van der Waals surface area contributed by atoms with E-state index in [1.807, 2.05) is 32.9 Å². The first-order valence-electron chi connectivity index (χ1n) is 16.5. The number of hydrazone groups is 1. The van der Waals surface area contributed by atoms with Crippen molar-refractivity contribution in [3.63, 3.8) is 0 Å². The minimum Gasteiger partial charge on any atom is -0.500 e. The fourth-order valence-electron chi connectivity index (χ4n) is 6.11. The van der Waals surface area contributed by atoms with Gasteiger partial charge in [0.2, 0.25) is 11.8 Å². The van der Waals surface area contributed by atoms with E-state index in [0.717, 1.165) is 86.0 Å². The lowest BCUT2D eigenvalue weighted by atomic mass is 9.85. The smallest absolute Gasteiger partial charge is 0.247 e. The standard InChI is InChI=1S/C35H41N7O2.C2H6/c1-4-6-11-25(5-2)20-29(43-3)24-41-18-10-12-28(22-41)35-40-39-34(44-35)26-13-15-31-30(21-26)33(38-37-31)27-14-16-32-36-17-8-7-9-19-42(32)23-27;1-2/h4-7,9,11,13-16,20-21,23,28,30-31,37H,1,8,10,12,17-19,22,24H2,2-3H3;1-2H3/b9-7?,11-6-,25-5+,29-20-,36-32?;/t28-,30?,31?;/m1./s1. The van der Waals surface area contributed by atoms with Crippen LogP contribution >= 0.6 is 0 Å². The Morgan fingerprint density at radius 1 is 1.17 bits per heavy atom. The first-order chi connectivity index (χ1) is 22.6. The maximum absolute atomic E-state index is 6.33. The number of rotatable bonds is 9. The van der Waals surface area contributed by atoms with Gasteiger partial charge in [0, 0.05) is 42.9 Å². The number of hydrogen-bond donors (Lipinski definition) is 1. The van der Waals surface area contributed by atoms with Crippen LogP contribution in [0, 0.1) is 5.92 Å². The Hall–Kier alpha value is -4.50. The summed E-state index contributed by atoms with van der Waals surface area (Å²) >= 11 is 0. The fourth-order valence-corrected chi connectivity index (χ4v) is 6.11. The summed E-state index contributed by atoms with van der Waals surface area (Å²) in [6.45, 7) is 14.0. The molecule has 46 heavy (non-hydrogen) atoms. The molecule has 1 N–H and O–H groups in total. The molecular formula is C37H47N7O2. The van der Waals surface area contributed by atoms with E-state index in [-0.39, 0.29) is 17.9 Å². The van der Waals surface area contributed by atoms with Crippen LogP contribution in [0.5, 0.6) is 0 Å². The van der Waals surface area contributed by atoms with Crippen LogP contribution in [0.2, 0.25) is 0 Å². The van der Waals surface area contributed by atoms with Crippen molar-refractivity contribution in [2.75, 3.05) is 39.8 Å². The Labute approximate surface area is 273 Å². The van der Waals surface area contributed by atoms with E-state index in [4.69, 9.17) is 19.2 Å². The number of aliphatic imine (C=N–C) groups is 1. The molecule has 9 heteroatoms. The Morgan fingerprint density at radius 3 is 2.89 bits per heavy atom. The van der Waals surface area contributed by atoms with Gasteiger partial charge in [-0.1, -0.05) is 75.1 Å². The highest BCUT2D eigenvalue weighted by Gasteiger charge is 2.34. The van der Waals surface area contributed by atoms with E-state index in [9.17, 15) is 0 Å². The van der Waals surface area contributed by atoms with Gasteiger partial charge in [0.15, 0.2) is 0 Å². The van der Waals surface area contributed by atoms with Gasteiger partial charge in [0.25, 0.3) is 0 Å². The van der Waals surface area contributed by atoms with Crippen molar-refractivity contribution in [3.8, 4) is 0 Å². The van der Waals surface area contributed by atoms with Crippen molar-refractivity contribution < 1.29 is 9.15 Å². The summed E-state index contributed by atoms with van der Waals surface area (Å²) in [7, 11) is 1.73. The number of nitrogens with one attached hydrogen (secondary N) is 1. The van der Waals surface area contributed by atoms with Crippen molar-refractivity contribution >= 4 is 17.1 Å². The molecule has 4 aliphatic heterocycles. The van der Waals surface area contributed by atoms with Gasteiger partial charge in [-0.15, -0.1) is 10.2 Å². The van der Waals surface area contributed by atoms with E-state index in [1.54, 1.807) is 13.2 Å². The summed E-state index contributed by atoms with van der Waals surface area (Å²) in [6, 6.07) is 0.0954. The fraction of sp³-hybridized carbons (Fsp3) is 0.405. The quantitative estimate of drug-likeness (QED) is 0.191. The number of ether oxygens (including phenoxy) is 1. The Kier molecular flexibility index (Phi) is 11.6. The molecule has 1 aliphatic carbocycles. The second-order valence-electron chi connectivity index (χ2n) is 11.4. The number of fused-ring (bicyclic) bond motifs is 2. The predicted molar refractivity (Wildman–Crippen MR) is 187 cm³/mol. The van der Waals surface area contributed by atoms with Gasteiger partial charge >= 0.3 is 0 Å².